The van der Waals surface area contributed by atoms with Crippen LogP contribution in [-0.4, -0.2) is 68.4 Å². The summed E-state index contributed by atoms with van der Waals surface area (Å²) >= 11 is 5.85. The zero-order valence-corrected chi connectivity index (χ0v) is 19.5. The SMILES string of the molecule is CCC(C)C(NS(=O)(=O)c1ccc(Cl)cc1)C(=O)N1CCN(C(=O)NC(C)C)CC1. The summed E-state index contributed by atoms with van der Waals surface area (Å²) < 4.78 is 28.2. The van der Waals surface area contributed by atoms with Gasteiger partial charge in [0.15, 0.2) is 0 Å². The molecule has 0 spiro atoms. The number of amides is 3. The molecule has 2 N–H and O–H groups in total. The number of sulfonamides is 1. The van der Waals surface area contributed by atoms with Gasteiger partial charge in [0.1, 0.15) is 6.04 Å². The average Bonchev–Trinajstić information content (AvgIpc) is 2.71. The van der Waals surface area contributed by atoms with Crippen LogP contribution in [0, 0.1) is 5.92 Å². The molecule has 1 aliphatic heterocycles. The first-order valence-corrected chi connectivity index (χ1v) is 12.0. The molecule has 1 aromatic carbocycles. The number of urea groups is 1. The minimum Gasteiger partial charge on any atom is -0.338 e. The summed E-state index contributed by atoms with van der Waals surface area (Å²) in [6, 6.07) is 4.82. The maximum Gasteiger partial charge on any atom is 0.317 e. The molecule has 1 heterocycles. The van der Waals surface area contributed by atoms with Gasteiger partial charge in [-0.25, -0.2) is 13.2 Å². The van der Waals surface area contributed by atoms with Crippen LogP contribution in [-0.2, 0) is 14.8 Å². The van der Waals surface area contributed by atoms with E-state index in [-0.39, 0.29) is 28.8 Å². The fourth-order valence-corrected chi connectivity index (χ4v) is 4.58. The number of nitrogens with zero attached hydrogens (tertiary/aromatic N) is 2. The lowest BCUT2D eigenvalue weighted by Crippen LogP contribution is -2.58. The van der Waals surface area contributed by atoms with Gasteiger partial charge in [-0.05, 0) is 44.0 Å². The van der Waals surface area contributed by atoms with Crippen molar-refractivity contribution in [2.24, 2.45) is 5.92 Å². The Labute approximate surface area is 184 Å². The van der Waals surface area contributed by atoms with Crippen LogP contribution in [0.3, 0.4) is 0 Å². The highest BCUT2D eigenvalue weighted by Gasteiger charge is 2.34. The van der Waals surface area contributed by atoms with Crippen LogP contribution in [0.1, 0.15) is 34.1 Å². The Kier molecular flexibility index (Phi) is 8.52. The molecule has 2 atom stereocenters. The molecule has 1 fully saturated rings. The van der Waals surface area contributed by atoms with Gasteiger partial charge < -0.3 is 15.1 Å². The minimum absolute atomic E-state index is 0.0363. The molecule has 168 valence electrons. The number of carbonyl (C=O) groups is 2. The monoisotopic (exact) mass is 458 g/mol. The fraction of sp³-hybridized carbons (Fsp3) is 0.600. The molecular weight excluding hydrogens is 428 g/mol. The van der Waals surface area contributed by atoms with Crippen molar-refractivity contribution >= 4 is 33.6 Å². The number of halogens is 1. The van der Waals surface area contributed by atoms with Gasteiger partial charge in [-0.15, -0.1) is 0 Å². The third kappa shape index (κ3) is 6.33. The van der Waals surface area contributed by atoms with Gasteiger partial charge in [-0.3, -0.25) is 4.79 Å². The first-order valence-electron chi connectivity index (χ1n) is 10.2. The molecule has 0 radical (unpaired) electrons. The van der Waals surface area contributed by atoms with Crippen LogP contribution in [0.15, 0.2) is 29.2 Å². The van der Waals surface area contributed by atoms with Crippen molar-refractivity contribution in [2.75, 3.05) is 26.2 Å². The molecule has 1 aliphatic rings. The quantitative estimate of drug-likeness (QED) is 0.654. The highest BCUT2D eigenvalue weighted by molar-refractivity contribution is 7.89. The Morgan fingerprint density at radius 1 is 1.03 bits per heavy atom. The lowest BCUT2D eigenvalue weighted by atomic mass is 9.98. The number of piperazine rings is 1. The van der Waals surface area contributed by atoms with Gasteiger partial charge in [0.2, 0.25) is 15.9 Å². The first kappa shape index (κ1) is 24.4. The van der Waals surface area contributed by atoms with Crippen LogP contribution in [0.2, 0.25) is 5.02 Å². The van der Waals surface area contributed by atoms with Crippen molar-refractivity contribution in [1.29, 1.82) is 0 Å². The second kappa shape index (κ2) is 10.5. The molecule has 2 unspecified atom stereocenters. The Balaban J connectivity index is 2.09. The number of rotatable bonds is 7. The summed E-state index contributed by atoms with van der Waals surface area (Å²) in [6.07, 6.45) is 0.635. The molecular formula is C20H31ClN4O4S. The zero-order chi connectivity index (χ0) is 22.5. The van der Waals surface area contributed by atoms with Crippen molar-refractivity contribution in [1.82, 2.24) is 19.8 Å². The minimum atomic E-state index is -3.88. The molecule has 1 saturated heterocycles. The van der Waals surface area contributed by atoms with E-state index < -0.39 is 16.1 Å². The van der Waals surface area contributed by atoms with Crippen molar-refractivity contribution in [3.05, 3.63) is 29.3 Å². The van der Waals surface area contributed by atoms with Crippen molar-refractivity contribution in [3.63, 3.8) is 0 Å². The Bertz CT molecular complexity index is 837. The van der Waals surface area contributed by atoms with E-state index in [1.54, 1.807) is 9.80 Å². The molecule has 0 aromatic heterocycles. The summed E-state index contributed by atoms with van der Waals surface area (Å²) in [6.45, 7) is 9.07. The van der Waals surface area contributed by atoms with E-state index in [1.807, 2.05) is 27.7 Å². The fourth-order valence-electron chi connectivity index (χ4n) is 3.16. The van der Waals surface area contributed by atoms with E-state index in [9.17, 15) is 18.0 Å². The van der Waals surface area contributed by atoms with Crippen molar-refractivity contribution in [2.45, 2.75) is 51.1 Å². The third-order valence-electron chi connectivity index (χ3n) is 5.18. The maximum absolute atomic E-state index is 13.2. The van der Waals surface area contributed by atoms with Gasteiger partial charge >= 0.3 is 6.03 Å². The number of carbonyl (C=O) groups excluding carboxylic acids is 2. The summed E-state index contributed by atoms with van der Waals surface area (Å²) in [5, 5.41) is 3.28. The van der Waals surface area contributed by atoms with Crippen LogP contribution in [0.5, 0.6) is 0 Å². The number of hydrogen-bond donors (Lipinski definition) is 2. The second-order valence-electron chi connectivity index (χ2n) is 7.85. The molecule has 0 aliphatic carbocycles. The molecule has 8 nitrogen and oxygen atoms in total. The van der Waals surface area contributed by atoms with E-state index in [0.29, 0.717) is 37.6 Å². The average molecular weight is 459 g/mol. The molecule has 30 heavy (non-hydrogen) atoms. The second-order valence-corrected chi connectivity index (χ2v) is 10.0. The molecule has 0 saturated carbocycles. The molecule has 10 heteroatoms. The van der Waals surface area contributed by atoms with E-state index >= 15 is 0 Å². The lowest BCUT2D eigenvalue weighted by molar-refractivity contribution is -0.135. The van der Waals surface area contributed by atoms with E-state index in [4.69, 9.17) is 11.6 Å². The van der Waals surface area contributed by atoms with Crippen LogP contribution in [0.25, 0.3) is 0 Å². The molecule has 3 amide bonds. The molecule has 0 bridgehead atoms. The Hall–Kier alpha value is -1.84. The van der Waals surface area contributed by atoms with E-state index in [1.165, 1.54) is 24.3 Å². The summed E-state index contributed by atoms with van der Waals surface area (Å²) in [4.78, 5) is 28.7. The Morgan fingerprint density at radius 3 is 2.07 bits per heavy atom. The van der Waals surface area contributed by atoms with Gasteiger partial charge in [-0.1, -0.05) is 31.9 Å². The summed E-state index contributed by atoms with van der Waals surface area (Å²) in [5.41, 5.74) is 0. The highest BCUT2D eigenvalue weighted by atomic mass is 35.5. The first-order chi connectivity index (χ1) is 14.0. The number of hydrogen-bond acceptors (Lipinski definition) is 4. The van der Waals surface area contributed by atoms with Crippen molar-refractivity contribution in [3.8, 4) is 0 Å². The summed E-state index contributed by atoms with van der Waals surface area (Å²) in [7, 11) is -3.88. The largest absolute Gasteiger partial charge is 0.338 e. The zero-order valence-electron chi connectivity index (χ0n) is 17.9. The molecule has 2 rings (SSSR count). The van der Waals surface area contributed by atoms with Gasteiger partial charge in [0.05, 0.1) is 4.90 Å². The summed E-state index contributed by atoms with van der Waals surface area (Å²) in [5.74, 6) is -0.465. The third-order valence-corrected chi connectivity index (χ3v) is 6.88. The maximum atomic E-state index is 13.2. The predicted molar refractivity (Wildman–Crippen MR) is 117 cm³/mol. The van der Waals surface area contributed by atoms with Crippen LogP contribution >= 0.6 is 11.6 Å². The number of nitrogens with one attached hydrogen (secondary N) is 2. The highest BCUT2D eigenvalue weighted by Crippen LogP contribution is 2.18. The van der Waals surface area contributed by atoms with Gasteiger partial charge in [0.25, 0.3) is 0 Å². The van der Waals surface area contributed by atoms with E-state index in [2.05, 4.69) is 10.0 Å². The van der Waals surface area contributed by atoms with Crippen LogP contribution in [0.4, 0.5) is 4.79 Å². The van der Waals surface area contributed by atoms with Crippen LogP contribution < -0.4 is 10.0 Å². The van der Waals surface area contributed by atoms with Gasteiger partial charge in [0, 0.05) is 37.2 Å². The normalized spacial score (nSPS) is 17.0. The van der Waals surface area contributed by atoms with E-state index in [0.717, 1.165) is 0 Å². The standard InChI is InChI=1S/C20H31ClN4O4S/c1-5-15(4)18(23-30(28,29)17-8-6-16(21)7-9-17)19(26)24-10-12-25(13-11-24)20(27)22-14(2)3/h6-9,14-15,18,23H,5,10-13H2,1-4H3,(H,22,27). The topological polar surface area (TPSA) is 98.8 Å². The van der Waals surface area contributed by atoms with Gasteiger partial charge in [-0.2, -0.15) is 4.72 Å². The smallest absolute Gasteiger partial charge is 0.317 e. The lowest BCUT2D eigenvalue weighted by Gasteiger charge is -2.37. The molecule has 1 aromatic rings. The van der Waals surface area contributed by atoms with Crippen molar-refractivity contribution < 1.29 is 18.0 Å². The Morgan fingerprint density at radius 2 is 1.57 bits per heavy atom. The predicted octanol–water partition coefficient (Wildman–Crippen LogP) is 2.30. The number of benzene rings is 1.